The number of aliphatic hydroxyl groups is 4. The predicted octanol–water partition coefficient (Wildman–Crippen LogP) is 0.743. The Balaban J connectivity index is 1.69. The Hall–Kier alpha value is -1.80. The van der Waals surface area contributed by atoms with Gasteiger partial charge in [-0.05, 0) is 36.1 Å². The maximum atomic E-state index is 10.6. The van der Waals surface area contributed by atoms with Crippen LogP contribution in [0, 0.1) is 6.92 Å². The minimum atomic E-state index is -1.59. The van der Waals surface area contributed by atoms with Crippen LogP contribution in [0.1, 0.15) is 27.8 Å². The van der Waals surface area contributed by atoms with E-state index in [-0.39, 0.29) is 6.61 Å². The number of rotatable bonds is 3. The van der Waals surface area contributed by atoms with Gasteiger partial charge in [0, 0.05) is 5.56 Å². The zero-order valence-electron chi connectivity index (χ0n) is 15.1. The molecule has 4 N–H and O–H groups in total. The summed E-state index contributed by atoms with van der Waals surface area (Å²) in [5.41, 5.74) is 4.84. The predicted molar refractivity (Wildman–Crippen MR) is 96.9 cm³/mol. The summed E-state index contributed by atoms with van der Waals surface area (Å²) in [7, 11) is 0. The highest BCUT2D eigenvalue weighted by atomic mass is 16.7. The van der Waals surface area contributed by atoms with Crippen molar-refractivity contribution < 1.29 is 29.9 Å². The van der Waals surface area contributed by atoms with E-state index in [9.17, 15) is 20.4 Å². The summed E-state index contributed by atoms with van der Waals surface area (Å²) in [6.07, 6.45) is -4.68. The summed E-state index contributed by atoms with van der Waals surface area (Å²) < 4.78 is 11.6. The third-order valence-electron chi connectivity index (χ3n) is 5.47. The van der Waals surface area contributed by atoms with E-state index in [4.69, 9.17) is 9.47 Å². The van der Waals surface area contributed by atoms with Gasteiger partial charge >= 0.3 is 0 Å². The molecule has 144 valence electrons. The molecule has 2 aromatic rings. The number of hydrogen-bond donors (Lipinski definition) is 4. The molecular weight excluding hydrogens is 348 g/mol. The maximum absolute atomic E-state index is 10.6. The summed E-state index contributed by atoms with van der Waals surface area (Å²) in [6.45, 7) is 1.77. The normalized spacial score (nSPS) is 32.6. The highest BCUT2D eigenvalue weighted by molar-refractivity contribution is 5.41. The highest BCUT2D eigenvalue weighted by Gasteiger charge is 2.58. The average molecular weight is 372 g/mol. The van der Waals surface area contributed by atoms with Crippen molar-refractivity contribution in [1.29, 1.82) is 0 Å². The molecular formula is C21H24O6. The number of ether oxygens (including phenoxy) is 2. The molecule has 0 aliphatic carbocycles. The second-order valence-corrected chi connectivity index (χ2v) is 7.37. The van der Waals surface area contributed by atoms with E-state index in [1.54, 1.807) is 0 Å². The third kappa shape index (κ3) is 3.08. The molecule has 4 rings (SSSR count). The van der Waals surface area contributed by atoms with Gasteiger partial charge in [0.25, 0.3) is 0 Å². The van der Waals surface area contributed by atoms with E-state index < -0.39 is 36.8 Å². The fourth-order valence-corrected chi connectivity index (χ4v) is 3.87. The Morgan fingerprint density at radius 3 is 2.41 bits per heavy atom. The number of aliphatic hydroxyl groups excluding tert-OH is 4. The average Bonchev–Trinajstić information content (AvgIpc) is 3.04. The first-order valence-corrected chi connectivity index (χ1v) is 9.09. The van der Waals surface area contributed by atoms with Gasteiger partial charge in [-0.1, -0.05) is 42.0 Å². The van der Waals surface area contributed by atoms with Crippen molar-refractivity contribution >= 4 is 0 Å². The van der Waals surface area contributed by atoms with Crippen LogP contribution < -0.4 is 0 Å². The Labute approximate surface area is 157 Å². The van der Waals surface area contributed by atoms with Crippen LogP contribution in [0.2, 0.25) is 0 Å². The molecule has 6 heteroatoms. The van der Waals surface area contributed by atoms with Crippen molar-refractivity contribution in [2.24, 2.45) is 0 Å². The van der Waals surface area contributed by atoms with Crippen LogP contribution in [0.5, 0.6) is 0 Å². The smallest absolute Gasteiger partial charge is 0.225 e. The molecule has 2 aromatic carbocycles. The topological polar surface area (TPSA) is 99.4 Å². The Morgan fingerprint density at radius 1 is 1.00 bits per heavy atom. The van der Waals surface area contributed by atoms with E-state index in [1.165, 1.54) is 5.56 Å². The van der Waals surface area contributed by atoms with Crippen molar-refractivity contribution in [3.63, 3.8) is 0 Å². The maximum Gasteiger partial charge on any atom is 0.225 e. The molecule has 2 aliphatic heterocycles. The van der Waals surface area contributed by atoms with Crippen molar-refractivity contribution in [3.8, 4) is 0 Å². The fourth-order valence-electron chi connectivity index (χ4n) is 3.87. The van der Waals surface area contributed by atoms with Gasteiger partial charge in [0.2, 0.25) is 5.79 Å². The van der Waals surface area contributed by atoms with Crippen molar-refractivity contribution in [1.82, 2.24) is 0 Å². The third-order valence-corrected chi connectivity index (χ3v) is 5.47. The molecule has 0 bridgehead atoms. The van der Waals surface area contributed by atoms with E-state index in [0.717, 1.165) is 16.7 Å². The second kappa shape index (κ2) is 6.98. The SMILES string of the molecule is Cc1ccc(Cc2ccc3c(c2)C2(OC3)O[C@H](CO)[C@@H](O)[C@H](O)[C@H]2O)cc1. The van der Waals surface area contributed by atoms with Crippen LogP contribution >= 0.6 is 0 Å². The first kappa shape index (κ1) is 18.6. The van der Waals surface area contributed by atoms with E-state index in [0.29, 0.717) is 12.0 Å². The largest absolute Gasteiger partial charge is 0.394 e. The van der Waals surface area contributed by atoms with E-state index in [2.05, 4.69) is 24.3 Å². The van der Waals surface area contributed by atoms with Gasteiger partial charge in [-0.15, -0.1) is 0 Å². The molecule has 1 fully saturated rings. The van der Waals surface area contributed by atoms with Crippen LogP contribution in [0.3, 0.4) is 0 Å². The van der Waals surface area contributed by atoms with Gasteiger partial charge in [-0.2, -0.15) is 0 Å². The highest BCUT2D eigenvalue weighted by Crippen LogP contribution is 2.46. The monoisotopic (exact) mass is 372 g/mol. The first-order valence-electron chi connectivity index (χ1n) is 9.09. The molecule has 0 saturated carbocycles. The van der Waals surface area contributed by atoms with E-state index >= 15 is 0 Å². The summed E-state index contributed by atoms with van der Waals surface area (Å²) in [5, 5.41) is 40.4. The molecule has 1 spiro atoms. The summed E-state index contributed by atoms with van der Waals surface area (Å²) in [4.78, 5) is 0. The molecule has 0 aromatic heterocycles. The van der Waals surface area contributed by atoms with Gasteiger partial charge < -0.3 is 29.9 Å². The van der Waals surface area contributed by atoms with Gasteiger partial charge in [0.05, 0.1) is 13.2 Å². The fraction of sp³-hybridized carbons (Fsp3) is 0.429. The summed E-state index contributed by atoms with van der Waals surface area (Å²) in [6, 6.07) is 14.1. The van der Waals surface area contributed by atoms with Crippen molar-refractivity contribution in [3.05, 3.63) is 70.3 Å². The van der Waals surface area contributed by atoms with E-state index in [1.807, 2.05) is 25.1 Å². The zero-order valence-corrected chi connectivity index (χ0v) is 15.1. The number of hydrogen-bond acceptors (Lipinski definition) is 6. The molecule has 5 atom stereocenters. The second-order valence-electron chi connectivity index (χ2n) is 7.37. The molecule has 1 saturated heterocycles. The van der Waals surface area contributed by atoms with Crippen LogP contribution in [0.4, 0.5) is 0 Å². The van der Waals surface area contributed by atoms with Gasteiger partial charge in [-0.3, -0.25) is 0 Å². The van der Waals surface area contributed by atoms with Gasteiger partial charge in [0.1, 0.15) is 24.4 Å². The van der Waals surface area contributed by atoms with Crippen molar-refractivity contribution in [2.75, 3.05) is 6.61 Å². The Morgan fingerprint density at radius 2 is 1.70 bits per heavy atom. The minimum Gasteiger partial charge on any atom is -0.394 e. The molecule has 2 heterocycles. The van der Waals surface area contributed by atoms with Crippen molar-refractivity contribution in [2.45, 2.75) is 50.2 Å². The minimum absolute atomic E-state index is 0.220. The first-order chi connectivity index (χ1) is 12.9. The van der Waals surface area contributed by atoms with Crippen LogP contribution in [0.15, 0.2) is 42.5 Å². The van der Waals surface area contributed by atoms with Crippen LogP contribution in [-0.2, 0) is 28.3 Å². The molecule has 2 aliphatic rings. The Kier molecular flexibility index (Phi) is 4.80. The lowest BCUT2D eigenvalue weighted by molar-refractivity contribution is -0.368. The quantitative estimate of drug-likeness (QED) is 0.634. The van der Waals surface area contributed by atoms with Gasteiger partial charge in [-0.25, -0.2) is 0 Å². The number of benzene rings is 2. The standard InChI is InChI=1S/C21H24O6/c1-12-2-4-13(5-3-12)8-14-6-7-15-11-26-21(16(15)9-14)20(25)19(24)18(23)17(10-22)27-21/h2-7,9,17-20,22-25H,8,10-11H2,1H3/t17-,18-,19+,20-,21?/m1/s1. The lowest BCUT2D eigenvalue weighted by atomic mass is 9.86. The van der Waals surface area contributed by atoms with Crippen LogP contribution in [-0.4, -0.2) is 51.4 Å². The Bertz CT molecular complexity index is 818. The lowest BCUT2D eigenvalue weighted by Crippen LogP contribution is -2.63. The molecule has 6 nitrogen and oxygen atoms in total. The number of fused-ring (bicyclic) bond motifs is 2. The molecule has 0 amide bonds. The summed E-state index contributed by atoms with van der Waals surface area (Å²) >= 11 is 0. The summed E-state index contributed by atoms with van der Waals surface area (Å²) in [5.74, 6) is -1.59. The molecule has 0 radical (unpaired) electrons. The van der Waals surface area contributed by atoms with Crippen LogP contribution in [0.25, 0.3) is 0 Å². The lowest BCUT2D eigenvalue weighted by Gasteiger charge is -2.46. The van der Waals surface area contributed by atoms with Gasteiger partial charge in [0.15, 0.2) is 0 Å². The molecule has 27 heavy (non-hydrogen) atoms. The zero-order chi connectivity index (χ0) is 19.2. The number of aryl methyl sites for hydroxylation is 1. The molecule has 1 unspecified atom stereocenters.